The highest BCUT2D eigenvalue weighted by atomic mass is 16.5. The fourth-order valence-electron chi connectivity index (χ4n) is 6.06. The van der Waals surface area contributed by atoms with E-state index in [0.717, 1.165) is 5.56 Å². The molecule has 0 fully saturated rings. The SMILES string of the molecule is CCc1cn(C)nc1C(=O)Nc1nc2cc(C(N)=O)cc(OCCCO)c2n1C/C=C/Cn1c(NC(=O)c2cc(C)nn2CC)nc2cc(C(N)=O)cnc21. The van der Waals surface area contributed by atoms with Gasteiger partial charge in [-0.05, 0) is 44.5 Å². The van der Waals surface area contributed by atoms with Gasteiger partial charge in [0.05, 0.1) is 23.4 Å². The van der Waals surface area contributed by atoms with Crippen LogP contribution in [0.5, 0.6) is 5.75 Å². The van der Waals surface area contributed by atoms with Gasteiger partial charge in [-0.2, -0.15) is 10.2 Å². The molecule has 1 aromatic carbocycles. The van der Waals surface area contributed by atoms with Gasteiger partial charge in [-0.15, -0.1) is 0 Å². The van der Waals surface area contributed by atoms with Crippen LogP contribution in [0.15, 0.2) is 48.8 Å². The maximum Gasteiger partial charge on any atom is 0.278 e. The zero-order valence-corrected chi connectivity index (χ0v) is 30.7. The highest BCUT2D eigenvalue weighted by Gasteiger charge is 2.23. The van der Waals surface area contributed by atoms with Crippen molar-refractivity contribution in [3.8, 4) is 5.75 Å². The fraction of sp³-hybridized carbons (Fsp3) is 0.306. The van der Waals surface area contributed by atoms with E-state index < -0.39 is 23.6 Å². The number of hydrogen-bond donors (Lipinski definition) is 5. The predicted octanol–water partition coefficient (Wildman–Crippen LogP) is 2.32. The van der Waals surface area contributed by atoms with Crippen molar-refractivity contribution >= 4 is 57.7 Å². The van der Waals surface area contributed by atoms with Gasteiger partial charge in [0.25, 0.3) is 11.8 Å². The van der Waals surface area contributed by atoms with E-state index in [-0.39, 0.29) is 60.8 Å². The largest absolute Gasteiger partial charge is 0.491 e. The van der Waals surface area contributed by atoms with Crippen LogP contribution in [-0.4, -0.2) is 85.6 Å². The lowest BCUT2D eigenvalue weighted by molar-refractivity contribution is 0.0991. The van der Waals surface area contributed by atoms with Crippen molar-refractivity contribution in [1.29, 1.82) is 0 Å². The Hall–Kier alpha value is -6.89. The molecule has 0 atom stereocenters. The van der Waals surface area contributed by atoms with Gasteiger partial charge in [0, 0.05) is 63.2 Å². The summed E-state index contributed by atoms with van der Waals surface area (Å²) in [4.78, 5) is 64.9. The minimum absolute atomic E-state index is 0.113. The lowest BCUT2D eigenvalue weighted by atomic mass is 10.1. The summed E-state index contributed by atoms with van der Waals surface area (Å²) < 4.78 is 12.5. The lowest BCUT2D eigenvalue weighted by Gasteiger charge is -2.12. The van der Waals surface area contributed by atoms with E-state index in [9.17, 15) is 24.3 Å². The lowest BCUT2D eigenvalue weighted by Crippen LogP contribution is -2.20. The van der Waals surface area contributed by atoms with Crippen LogP contribution in [0.1, 0.15) is 73.2 Å². The third-order valence-corrected chi connectivity index (χ3v) is 8.65. The summed E-state index contributed by atoms with van der Waals surface area (Å²) in [5.41, 5.74) is 14.9. The Bertz CT molecular complexity index is 2470. The molecule has 0 saturated carbocycles. The Morgan fingerprint density at radius 1 is 0.891 bits per heavy atom. The Kier molecular flexibility index (Phi) is 11.0. The van der Waals surface area contributed by atoms with Crippen LogP contribution >= 0.6 is 0 Å². The molecule has 0 aliphatic heterocycles. The quantitative estimate of drug-likeness (QED) is 0.0708. The highest BCUT2D eigenvalue weighted by Crippen LogP contribution is 2.32. The second kappa shape index (κ2) is 16.0. The summed E-state index contributed by atoms with van der Waals surface area (Å²) in [6.07, 6.45) is 7.62. The number of aryl methyl sites for hydroxylation is 4. The van der Waals surface area contributed by atoms with Gasteiger partial charge < -0.3 is 25.9 Å². The number of benzene rings is 1. The van der Waals surface area contributed by atoms with Crippen molar-refractivity contribution in [2.75, 3.05) is 23.8 Å². The molecule has 4 amide bonds. The number of aliphatic hydroxyl groups is 1. The van der Waals surface area contributed by atoms with E-state index in [1.54, 1.807) is 56.9 Å². The van der Waals surface area contributed by atoms with E-state index in [0.29, 0.717) is 53.0 Å². The van der Waals surface area contributed by atoms with Gasteiger partial charge >= 0.3 is 0 Å². The minimum atomic E-state index is -0.698. The first-order valence-electron chi connectivity index (χ1n) is 17.5. The number of fused-ring (bicyclic) bond motifs is 2. The van der Waals surface area contributed by atoms with Gasteiger partial charge in [0.1, 0.15) is 22.5 Å². The second-order valence-electron chi connectivity index (χ2n) is 12.6. The number of primary amides is 2. The van der Waals surface area contributed by atoms with E-state index in [4.69, 9.17) is 16.2 Å². The Morgan fingerprint density at radius 3 is 2.25 bits per heavy atom. The molecule has 0 radical (unpaired) electrons. The molecule has 5 heterocycles. The fourth-order valence-corrected chi connectivity index (χ4v) is 6.06. The number of carbonyl (C=O) groups excluding carboxylic acids is 4. The van der Waals surface area contributed by atoms with Crippen molar-refractivity contribution in [2.45, 2.75) is 53.2 Å². The number of rotatable bonds is 16. The standard InChI is InChI=1S/C36H41N13O6/c1-5-21-19-46(4)45-28(21)34(54)43-35-40-24-15-22(30(37)51)17-27(55-13-9-12-50)29(24)47(35)10-7-8-11-48-32-25(16-23(18-39-32)31(38)52)41-36(48)42-33(53)26-14-20(3)44-49(26)6-2/h7-8,14-19,50H,5-6,9-13H2,1-4H3,(H2,37,51)(H2,38,52)(H,40,43,54)(H,41,42,53)/b8-7+. The molecule has 19 nitrogen and oxygen atoms in total. The number of allylic oxidation sites excluding steroid dienone is 2. The first kappa shape index (κ1) is 37.9. The average Bonchev–Trinajstić information content (AvgIpc) is 3.92. The van der Waals surface area contributed by atoms with Crippen LogP contribution in [0.2, 0.25) is 0 Å². The van der Waals surface area contributed by atoms with E-state index in [2.05, 4.69) is 35.8 Å². The molecule has 19 heteroatoms. The third-order valence-electron chi connectivity index (χ3n) is 8.65. The van der Waals surface area contributed by atoms with Crippen LogP contribution in [0.4, 0.5) is 11.9 Å². The molecule has 0 spiro atoms. The zero-order chi connectivity index (χ0) is 39.4. The van der Waals surface area contributed by atoms with Crippen LogP contribution in [0.3, 0.4) is 0 Å². The molecule has 6 rings (SSSR count). The molecule has 55 heavy (non-hydrogen) atoms. The summed E-state index contributed by atoms with van der Waals surface area (Å²) in [5, 5.41) is 23.8. The van der Waals surface area contributed by atoms with Gasteiger partial charge in [-0.25, -0.2) is 15.0 Å². The molecule has 5 aromatic heterocycles. The number of nitrogens with zero attached hydrogens (tertiary/aromatic N) is 9. The molecule has 7 N–H and O–H groups in total. The number of nitrogens with one attached hydrogen (secondary N) is 2. The number of pyridine rings is 1. The van der Waals surface area contributed by atoms with Crippen molar-refractivity contribution < 1.29 is 29.0 Å². The number of imidazole rings is 2. The number of aliphatic hydroxyl groups excluding tert-OH is 1. The smallest absolute Gasteiger partial charge is 0.278 e. The molecule has 0 aliphatic rings. The number of carbonyl (C=O) groups is 4. The molecule has 6 aromatic rings. The van der Waals surface area contributed by atoms with Crippen molar-refractivity contribution in [1.82, 2.24) is 43.6 Å². The van der Waals surface area contributed by atoms with Crippen molar-refractivity contribution in [3.05, 3.63) is 82.6 Å². The molecular weight excluding hydrogens is 710 g/mol. The van der Waals surface area contributed by atoms with E-state index >= 15 is 0 Å². The number of anilines is 2. The predicted molar refractivity (Wildman–Crippen MR) is 202 cm³/mol. The molecule has 0 saturated heterocycles. The van der Waals surface area contributed by atoms with Gasteiger partial charge in [-0.1, -0.05) is 19.1 Å². The van der Waals surface area contributed by atoms with Crippen molar-refractivity contribution in [3.63, 3.8) is 0 Å². The van der Waals surface area contributed by atoms with Crippen LogP contribution in [-0.2, 0) is 33.1 Å². The molecular formula is C36H41N13O6. The Balaban J connectivity index is 1.38. The normalized spacial score (nSPS) is 11.5. The van der Waals surface area contributed by atoms with Crippen LogP contribution in [0.25, 0.3) is 22.2 Å². The minimum Gasteiger partial charge on any atom is -0.491 e. The molecule has 286 valence electrons. The third kappa shape index (κ3) is 7.91. The molecule has 0 aliphatic carbocycles. The number of hydrogen-bond acceptors (Lipinski definition) is 11. The summed E-state index contributed by atoms with van der Waals surface area (Å²) in [7, 11) is 1.73. The average molecular weight is 752 g/mol. The second-order valence-corrected chi connectivity index (χ2v) is 12.6. The maximum atomic E-state index is 13.6. The molecule has 0 unspecified atom stereocenters. The number of aromatic nitrogens is 9. The number of ether oxygens (including phenoxy) is 1. The van der Waals surface area contributed by atoms with Gasteiger partial charge in [-0.3, -0.25) is 43.7 Å². The van der Waals surface area contributed by atoms with Crippen molar-refractivity contribution in [2.24, 2.45) is 18.5 Å². The summed E-state index contributed by atoms with van der Waals surface area (Å²) in [6.45, 7) is 6.39. The summed E-state index contributed by atoms with van der Waals surface area (Å²) >= 11 is 0. The summed E-state index contributed by atoms with van der Waals surface area (Å²) in [6, 6.07) is 6.17. The summed E-state index contributed by atoms with van der Waals surface area (Å²) in [5.74, 6) is -1.71. The Morgan fingerprint density at radius 2 is 1.56 bits per heavy atom. The Labute approximate surface area is 314 Å². The highest BCUT2D eigenvalue weighted by molar-refractivity contribution is 6.05. The van der Waals surface area contributed by atoms with Crippen LogP contribution in [0, 0.1) is 6.92 Å². The molecule has 0 bridgehead atoms. The zero-order valence-electron chi connectivity index (χ0n) is 30.7. The first-order valence-corrected chi connectivity index (χ1v) is 17.5. The monoisotopic (exact) mass is 751 g/mol. The van der Waals surface area contributed by atoms with E-state index in [1.807, 2.05) is 13.8 Å². The van der Waals surface area contributed by atoms with Crippen LogP contribution < -0.4 is 26.8 Å². The number of amides is 4. The van der Waals surface area contributed by atoms with Gasteiger partial charge in [0.2, 0.25) is 23.7 Å². The van der Waals surface area contributed by atoms with E-state index in [1.165, 1.54) is 24.4 Å². The maximum absolute atomic E-state index is 13.6. The van der Waals surface area contributed by atoms with Gasteiger partial charge in [0.15, 0.2) is 11.3 Å². The topological polar surface area (TPSA) is 258 Å². The first-order chi connectivity index (χ1) is 26.4. The number of nitrogens with two attached hydrogens (primary N) is 2.